The minimum atomic E-state index is 0.195. The van der Waals surface area contributed by atoms with E-state index in [1.165, 1.54) is 5.56 Å². The van der Waals surface area contributed by atoms with Crippen molar-refractivity contribution in [1.29, 1.82) is 0 Å². The quantitative estimate of drug-likeness (QED) is 0.454. The van der Waals surface area contributed by atoms with Crippen LogP contribution >= 0.6 is 0 Å². The summed E-state index contributed by atoms with van der Waals surface area (Å²) in [6.45, 7) is 4.22. The zero-order valence-corrected chi connectivity index (χ0v) is 17.2. The van der Waals surface area contributed by atoms with E-state index in [1.807, 2.05) is 34.7 Å². The first-order chi connectivity index (χ1) is 14.1. The van der Waals surface area contributed by atoms with Gasteiger partial charge >= 0.3 is 0 Å². The number of para-hydroxylation sites is 1. The maximum atomic E-state index is 12.6. The number of aliphatic imine (C=N–C) groups is 1. The van der Waals surface area contributed by atoms with E-state index in [4.69, 9.17) is 0 Å². The Kier molecular flexibility index (Phi) is 5.78. The third-order valence-electron chi connectivity index (χ3n) is 5.58. The van der Waals surface area contributed by atoms with Gasteiger partial charge in [-0.25, -0.2) is 9.67 Å². The molecule has 0 fully saturated rings. The van der Waals surface area contributed by atoms with E-state index in [0.717, 1.165) is 62.1 Å². The fraction of sp³-hybridized carbons (Fsp3) is 0.524. The maximum absolute atomic E-state index is 12.6. The van der Waals surface area contributed by atoms with E-state index in [1.54, 1.807) is 7.05 Å². The Balaban J connectivity index is 1.20. The third kappa shape index (κ3) is 4.41. The van der Waals surface area contributed by atoms with Crippen molar-refractivity contribution >= 4 is 17.6 Å². The average Bonchev–Trinajstić information content (AvgIpc) is 3.32. The summed E-state index contributed by atoms with van der Waals surface area (Å²) in [5.74, 6) is 2.86. The van der Waals surface area contributed by atoms with Gasteiger partial charge in [0.25, 0.3) is 0 Å². The number of nitrogens with zero attached hydrogens (tertiary/aromatic N) is 5. The van der Waals surface area contributed by atoms with Crippen molar-refractivity contribution < 1.29 is 4.79 Å². The lowest BCUT2D eigenvalue weighted by Gasteiger charge is -2.25. The van der Waals surface area contributed by atoms with Crippen molar-refractivity contribution in [3.63, 3.8) is 0 Å². The van der Waals surface area contributed by atoms with Crippen molar-refractivity contribution in [2.24, 2.45) is 4.99 Å². The van der Waals surface area contributed by atoms with Crippen LogP contribution in [0.5, 0.6) is 0 Å². The lowest BCUT2D eigenvalue weighted by atomic mass is 10.1. The Morgan fingerprint density at radius 1 is 1.31 bits per heavy atom. The molecule has 0 radical (unpaired) electrons. The van der Waals surface area contributed by atoms with Crippen LogP contribution in [0.25, 0.3) is 0 Å². The fourth-order valence-electron chi connectivity index (χ4n) is 4.12. The van der Waals surface area contributed by atoms with Gasteiger partial charge in [-0.05, 0) is 37.8 Å². The van der Waals surface area contributed by atoms with Crippen molar-refractivity contribution in [3.8, 4) is 0 Å². The number of nitrogens with one attached hydrogen (secondary N) is 2. The topological polar surface area (TPSA) is 87.4 Å². The van der Waals surface area contributed by atoms with Gasteiger partial charge in [-0.2, -0.15) is 5.10 Å². The molecule has 29 heavy (non-hydrogen) atoms. The second-order valence-electron chi connectivity index (χ2n) is 7.66. The molecular weight excluding hydrogens is 366 g/mol. The second kappa shape index (κ2) is 8.63. The highest BCUT2D eigenvalue weighted by Gasteiger charge is 2.24. The first-order valence-corrected chi connectivity index (χ1v) is 10.4. The number of amides is 1. The highest BCUT2D eigenvalue weighted by Crippen LogP contribution is 2.27. The number of rotatable bonds is 5. The molecule has 1 unspecified atom stereocenters. The van der Waals surface area contributed by atoms with E-state index in [-0.39, 0.29) is 11.9 Å². The minimum Gasteiger partial charge on any atom is -0.356 e. The van der Waals surface area contributed by atoms with E-state index in [9.17, 15) is 4.79 Å². The molecule has 2 aliphatic heterocycles. The first-order valence-electron chi connectivity index (χ1n) is 10.4. The third-order valence-corrected chi connectivity index (χ3v) is 5.58. The lowest BCUT2D eigenvalue weighted by molar-refractivity contribution is -0.118. The Labute approximate surface area is 171 Å². The van der Waals surface area contributed by atoms with E-state index in [0.29, 0.717) is 13.0 Å². The molecule has 1 aromatic heterocycles. The largest absolute Gasteiger partial charge is 0.356 e. The number of aryl methyl sites for hydroxylation is 2. The standard InChI is InChI=1S/C21H29N7O/c1-15-24-19-10-9-17(14-28(19)26-15)25-21(22-2)23-12-5-8-20(29)27-13-11-16-6-3-4-7-18(16)27/h3-4,6-7,17H,5,8-14H2,1-2H3,(H2,22,23,25). The molecule has 1 amide bonds. The Bertz CT molecular complexity index is 904. The molecule has 154 valence electrons. The molecule has 0 saturated carbocycles. The van der Waals surface area contributed by atoms with Gasteiger partial charge in [0.05, 0.1) is 6.54 Å². The molecule has 4 rings (SSSR count). The highest BCUT2D eigenvalue weighted by molar-refractivity contribution is 5.95. The summed E-state index contributed by atoms with van der Waals surface area (Å²) in [5.41, 5.74) is 2.34. The van der Waals surface area contributed by atoms with Crippen LogP contribution in [0.1, 0.15) is 36.5 Å². The molecule has 1 atom stereocenters. The van der Waals surface area contributed by atoms with Crippen molar-refractivity contribution in [2.75, 3.05) is 25.0 Å². The molecule has 2 aromatic rings. The maximum Gasteiger partial charge on any atom is 0.227 e. The number of anilines is 1. The van der Waals surface area contributed by atoms with Crippen LogP contribution in [-0.4, -0.2) is 52.8 Å². The van der Waals surface area contributed by atoms with Crippen molar-refractivity contribution in [1.82, 2.24) is 25.4 Å². The van der Waals surface area contributed by atoms with Crippen molar-refractivity contribution in [2.45, 2.75) is 51.6 Å². The molecule has 3 heterocycles. The van der Waals surface area contributed by atoms with E-state index < -0.39 is 0 Å². The van der Waals surface area contributed by atoms with Crippen LogP contribution in [0.3, 0.4) is 0 Å². The van der Waals surface area contributed by atoms with Gasteiger partial charge in [0.15, 0.2) is 5.96 Å². The number of carbonyl (C=O) groups excluding carboxylic acids is 1. The number of aromatic nitrogens is 3. The van der Waals surface area contributed by atoms with Crippen LogP contribution in [0, 0.1) is 6.92 Å². The summed E-state index contributed by atoms with van der Waals surface area (Å²) >= 11 is 0. The average molecular weight is 396 g/mol. The number of benzene rings is 1. The molecule has 2 N–H and O–H groups in total. The number of carbonyl (C=O) groups is 1. The fourth-order valence-corrected chi connectivity index (χ4v) is 4.12. The molecule has 0 saturated heterocycles. The van der Waals surface area contributed by atoms with Gasteiger partial charge in [-0.3, -0.25) is 9.79 Å². The summed E-state index contributed by atoms with van der Waals surface area (Å²) < 4.78 is 1.98. The van der Waals surface area contributed by atoms with Crippen LogP contribution in [0.15, 0.2) is 29.3 Å². The number of hydrogen-bond acceptors (Lipinski definition) is 4. The molecule has 0 spiro atoms. The van der Waals surface area contributed by atoms with E-state index in [2.05, 4.69) is 31.8 Å². The smallest absolute Gasteiger partial charge is 0.227 e. The van der Waals surface area contributed by atoms with E-state index >= 15 is 0 Å². The van der Waals surface area contributed by atoms with Gasteiger partial charge in [-0.1, -0.05) is 18.2 Å². The second-order valence-corrected chi connectivity index (χ2v) is 7.66. The monoisotopic (exact) mass is 395 g/mol. The predicted molar refractivity (Wildman–Crippen MR) is 113 cm³/mol. The van der Waals surface area contributed by atoms with Crippen LogP contribution < -0.4 is 15.5 Å². The summed E-state index contributed by atoms with van der Waals surface area (Å²) in [6.07, 6.45) is 4.18. The molecule has 8 nitrogen and oxygen atoms in total. The molecule has 1 aromatic carbocycles. The molecule has 0 bridgehead atoms. The SMILES string of the molecule is CN=C(NCCCC(=O)N1CCc2ccccc21)NC1CCc2nc(C)nn2C1. The van der Waals surface area contributed by atoms with Crippen LogP contribution in [0.2, 0.25) is 0 Å². The summed E-state index contributed by atoms with van der Waals surface area (Å²) in [6, 6.07) is 8.45. The lowest BCUT2D eigenvalue weighted by Crippen LogP contribution is -2.47. The number of hydrogen-bond donors (Lipinski definition) is 2. The molecule has 8 heteroatoms. The summed E-state index contributed by atoms with van der Waals surface area (Å²) in [5, 5.41) is 11.2. The molecule has 0 aliphatic carbocycles. The molecular formula is C21H29N7O. The highest BCUT2D eigenvalue weighted by atomic mass is 16.2. The van der Waals surface area contributed by atoms with Gasteiger partial charge in [0, 0.05) is 44.7 Å². The minimum absolute atomic E-state index is 0.195. The normalized spacial score (nSPS) is 18.3. The van der Waals surface area contributed by atoms with Crippen molar-refractivity contribution in [3.05, 3.63) is 41.5 Å². The zero-order valence-electron chi connectivity index (χ0n) is 17.2. The molecule has 2 aliphatic rings. The Hall–Kier alpha value is -2.90. The predicted octanol–water partition coefficient (Wildman–Crippen LogP) is 1.44. The zero-order chi connectivity index (χ0) is 20.2. The van der Waals surface area contributed by atoms with Gasteiger partial charge in [-0.15, -0.1) is 0 Å². The number of guanidine groups is 1. The Morgan fingerprint density at radius 2 is 2.17 bits per heavy atom. The summed E-state index contributed by atoms with van der Waals surface area (Å²) in [7, 11) is 1.77. The van der Waals surface area contributed by atoms with Crippen LogP contribution in [0.4, 0.5) is 5.69 Å². The van der Waals surface area contributed by atoms with Gasteiger partial charge in [0.2, 0.25) is 5.91 Å². The Morgan fingerprint density at radius 3 is 3.03 bits per heavy atom. The van der Waals surface area contributed by atoms with Gasteiger partial charge in [0.1, 0.15) is 11.6 Å². The summed E-state index contributed by atoms with van der Waals surface area (Å²) in [4.78, 5) is 23.3. The number of fused-ring (bicyclic) bond motifs is 2. The van der Waals surface area contributed by atoms with Crippen LogP contribution in [-0.2, 0) is 24.2 Å². The first kappa shape index (κ1) is 19.4. The van der Waals surface area contributed by atoms with Gasteiger partial charge < -0.3 is 15.5 Å².